The van der Waals surface area contributed by atoms with Crippen LogP contribution in [-0.2, 0) is 10.0 Å². The lowest BCUT2D eigenvalue weighted by molar-refractivity contribution is 0.457. The number of hydrogen-bond donors (Lipinski definition) is 2. The van der Waals surface area contributed by atoms with Crippen molar-refractivity contribution in [2.75, 3.05) is 18.4 Å². The summed E-state index contributed by atoms with van der Waals surface area (Å²) in [6, 6.07) is 3.22. The largest absolute Gasteiger partial charge is 0.369 e. The van der Waals surface area contributed by atoms with Crippen LogP contribution in [0.5, 0.6) is 0 Å². The zero-order valence-corrected chi connectivity index (χ0v) is 14.2. The van der Waals surface area contributed by atoms with Crippen molar-refractivity contribution >= 4 is 15.8 Å². The van der Waals surface area contributed by atoms with Crippen LogP contribution in [0.2, 0.25) is 0 Å². The van der Waals surface area contributed by atoms with Crippen molar-refractivity contribution in [3.05, 3.63) is 18.3 Å². The first-order valence-corrected chi connectivity index (χ1v) is 8.81. The quantitative estimate of drug-likeness (QED) is 0.846. The molecule has 1 heterocycles. The van der Waals surface area contributed by atoms with Gasteiger partial charge in [-0.2, -0.15) is 0 Å². The smallest absolute Gasteiger partial charge is 0.244 e. The van der Waals surface area contributed by atoms with Gasteiger partial charge in [0.1, 0.15) is 10.7 Å². The number of sulfonamides is 1. The molecule has 21 heavy (non-hydrogen) atoms. The SMILES string of the molecule is CCNc1ncccc1S(=O)(=O)NCC1C(C)(C)C1(C)C. The van der Waals surface area contributed by atoms with E-state index >= 15 is 0 Å². The molecular weight excluding hydrogens is 286 g/mol. The van der Waals surface area contributed by atoms with Crippen LogP contribution in [0.1, 0.15) is 34.6 Å². The normalized spacial score (nSPS) is 20.2. The van der Waals surface area contributed by atoms with Crippen molar-refractivity contribution in [3.63, 3.8) is 0 Å². The van der Waals surface area contributed by atoms with E-state index in [1.54, 1.807) is 18.3 Å². The van der Waals surface area contributed by atoms with Crippen LogP contribution >= 0.6 is 0 Å². The zero-order chi connectivity index (χ0) is 15.9. The maximum absolute atomic E-state index is 12.5. The molecule has 2 N–H and O–H groups in total. The first-order valence-electron chi connectivity index (χ1n) is 7.33. The van der Waals surface area contributed by atoms with Crippen LogP contribution < -0.4 is 10.0 Å². The summed E-state index contributed by atoms with van der Waals surface area (Å²) in [5.41, 5.74) is 0.323. The Hall–Kier alpha value is -1.14. The molecule has 0 spiro atoms. The van der Waals surface area contributed by atoms with Gasteiger partial charge in [-0.1, -0.05) is 27.7 Å². The summed E-state index contributed by atoms with van der Waals surface area (Å²) in [6.45, 7) is 11.7. The van der Waals surface area contributed by atoms with Crippen LogP contribution in [0.25, 0.3) is 0 Å². The minimum atomic E-state index is -3.54. The summed E-state index contributed by atoms with van der Waals surface area (Å²) < 4.78 is 27.7. The monoisotopic (exact) mass is 311 g/mol. The van der Waals surface area contributed by atoms with E-state index in [-0.39, 0.29) is 15.7 Å². The van der Waals surface area contributed by atoms with E-state index in [1.165, 1.54) is 0 Å². The van der Waals surface area contributed by atoms with E-state index in [2.05, 4.69) is 42.7 Å². The number of nitrogens with one attached hydrogen (secondary N) is 2. The van der Waals surface area contributed by atoms with Crippen molar-refractivity contribution in [3.8, 4) is 0 Å². The summed E-state index contributed by atoms with van der Waals surface area (Å²) >= 11 is 0. The summed E-state index contributed by atoms with van der Waals surface area (Å²) in [4.78, 5) is 4.32. The van der Waals surface area contributed by atoms with E-state index in [4.69, 9.17) is 0 Å². The van der Waals surface area contributed by atoms with Crippen molar-refractivity contribution in [2.24, 2.45) is 16.7 Å². The van der Waals surface area contributed by atoms with Gasteiger partial charge in [-0.15, -0.1) is 0 Å². The maximum atomic E-state index is 12.5. The second-order valence-corrected chi connectivity index (χ2v) is 8.46. The Kier molecular flexibility index (Phi) is 4.06. The van der Waals surface area contributed by atoms with Crippen LogP contribution in [-0.4, -0.2) is 26.5 Å². The fourth-order valence-corrected chi connectivity index (χ4v) is 4.20. The Labute approximate surface area is 127 Å². The molecule has 0 saturated heterocycles. The second-order valence-electron chi connectivity index (χ2n) is 6.73. The van der Waals surface area contributed by atoms with Crippen LogP contribution in [0.15, 0.2) is 23.2 Å². The van der Waals surface area contributed by atoms with Crippen LogP contribution in [0, 0.1) is 16.7 Å². The highest BCUT2D eigenvalue weighted by Crippen LogP contribution is 2.67. The number of aromatic nitrogens is 1. The number of nitrogens with zero attached hydrogens (tertiary/aromatic N) is 1. The summed E-state index contributed by atoms with van der Waals surface area (Å²) in [6.07, 6.45) is 1.59. The fourth-order valence-electron chi connectivity index (χ4n) is 3.02. The van der Waals surface area contributed by atoms with Crippen molar-refractivity contribution in [1.29, 1.82) is 0 Å². The minimum absolute atomic E-state index is 0.162. The van der Waals surface area contributed by atoms with E-state index in [0.717, 1.165) is 0 Å². The maximum Gasteiger partial charge on any atom is 0.244 e. The molecule has 6 heteroatoms. The van der Waals surface area contributed by atoms with Gasteiger partial charge >= 0.3 is 0 Å². The van der Waals surface area contributed by atoms with Crippen LogP contribution in [0.4, 0.5) is 5.82 Å². The first kappa shape index (κ1) is 16.2. The molecule has 0 aromatic carbocycles. The molecule has 1 fully saturated rings. The highest BCUT2D eigenvalue weighted by molar-refractivity contribution is 7.89. The predicted octanol–water partition coefficient (Wildman–Crippen LogP) is 2.47. The van der Waals surface area contributed by atoms with Crippen molar-refractivity contribution < 1.29 is 8.42 Å². The standard InChI is InChI=1S/C15H25N3O2S/c1-6-16-13-11(8-7-9-17-13)21(19,20)18-10-12-14(2,3)15(12,4)5/h7-9,12,18H,6,10H2,1-5H3,(H,16,17). The molecule has 1 aromatic rings. The number of anilines is 1. The lowest BCUT2D eigenvalue weighted by Gasteiger charge is -2.11. The third-order valence-electron chi connectivity index (χ3n) is 5.20. The van der Waals surface area contributed by atoms with Gasteiger partial charge in [-0.3, -0.25) is 0 Å². The molecule has 118 valence electrons. The van der Waals surface area contributed by atoms with E-state index in [1.807, 2.05) is 6.92 Å². The van der Waals surface area contributed by atoms with E-state index in [9.17, 15) is 8.42 Å². The van der Waals surface area contributed by atoms with E-state index in [0.29, 0.717) is 24.8 Å². The third-order valence-corrected chi connectivity index (χ3v) is 6.66. The second kappa shape index (κ2) is 5.25. The average Bonchev–Trinajstić information content (AvgIpc) is 2.78. The van der Waals surface area contributed by atoms with Crippen molar-refractivity contribution in [1.82, 2.24) is 9.71 Å². The average molecular weight is 311 g/mol. The molecule has 2 rings (SSSR count). The summed E-state index contributed by atoms with van der Waals surface area (Å²) in [7, 11) is -3.54. The van der Waals surface area contributed by atoms with Gasteiger partial charge < -0.3 is 5.32 Å². The topological polar surface area (TPSA) is 71.1 Å². The molecule has 0 atom stereocenters. The number of hydrogen-bond acceptors (Lipinski definition) is 4. The molecule has 1 saturated carbocycles. The molecule has 0 bridgehead atoms. The Morgan fingerprint density at radius 3 is 2.38 bits per heavy atom. The Balaban J connectivity index is 2.14. The van der Waals surface area contributed by atoms with Gasteiger partial charge in [-0.25, -0.2) is 18.1 Å². The van der Waals surface area contributed by atoms with Crippen LogP contribution in [0.3, 0.4) is 0 Å². The lowest BCUT2D eigenvalue weighted by Crippen LogP contribution is -2.28. The third kappa shape index (κ3) is 2.79. The zero-order valence-electron chi connectivity index (χ0n) is 13.4. The molecule has 1 aromatic heterocycles. The van der Waals surface area contributed by atoms with Gasteiger partial charge in [0.2, 0.25) is 10.0 Å². The Morgan fingerprint density at radius 2 is 1.86 bits per heavy atom. The number of rotatable bonds is 6. The van der Waals surface area contributed by atoms with Gasteiger partial charge in [0.05, 0.1) is 0 Å². The van der Waals surface area contributed by atoms with Crippen molar-refractivity contribution in [2.45, 2.75) is 39.5 Å². The summed E-state index contributed by atoms with van der Waals surface area (Å²) in [5.74, 6) is 0.751. The summed E-state index contributed by atoms with van der Waals surface area (Å²) in [5, 5.41) is 2.99. The first-order chi connectivity index (χ1) is 9.64. The van der Waals surface area contributed by atoms with E-state index < -0.39 is 10.0 Å². The number of pyridine rings is 1. The molecule has 0 amide bonds. The molecule has 0 unspecified atom stereocenters. The van der Waals surface area contributed by atoms with Gasteiger partial charge in [0.15, 0.2) is 0 Å². The predicted molar refractivity (Wildman–Crippen MR) is 84.6 cm³/mol. The fraction of sp³-hybridized carbons (Fsp3) is 0.667. The Bertz CT molecular complexity index is 610. The van der Waals surface area contributed by atoms with Gasteiger partial charge in [-0.05, 0) is 35.8 Å². The molecule has 1 aliphatic rings. The molecule has 5 nitrogen and oxygen atoms in total. The molecular formula is C15H25N3O2S. The van der Waals surface area contributed by atoms with Gasteiger partial charge in [0.25, 0.3) is 0 Å². The van der Waals surface area contributed by atoms with Gasteiger partial charge in [0, 0.05) is 19.3 Å². The highest BCUT2D eigenvalue weighted by atomic mass is 32.2. The molecule has 0 radical (unpaired) electrons. The lowest BCUT2D eigenvalue weighted by atomic mass is 10.0. The molecule has 1 aliphatic carbocycles. The highest BCUT2D eigenvalue weighted by Gasteiger charge is 2.64. The minimum Gasteiger partial charge on any atom is -0.369 e. The molecule has 0 aliphatic heterocycles. The Morgan fingerprint density at radius 1 is 1.24 bits per heavy atom.